The third-order valence-electron chi connectivity index (χ3n) is 5.89. The van der Waals surface area contributed by atoms with Crippen LogP contribution in [0.2, 0.25) is 0 Å². The Kier molecular flexibility index (Phi) is 6.41. The lowest BCUT2D eigenvalue weighted by Crippen LogP contribution is -2.59. The number of fused-ring (bicyclic) bond motifs is 1. The first kappa shape index (κ1) is 20.9. The SMILES string of the molecule is CC(C)OCCNC1CCC2CC(O)C(N3CC(=O)NS3(=O)=O)C(F)C2C1. The van der Waals surface area contributed by atoms with Crippen LogP contribution in [0.3, 0.4) is 0 Å². The number of amides is 1. The van der Waals surface area contributed by atoms with Crippen LogP contribution in [0.5, 0.6) is 0 Å². The van der Waals surface area contributed by atoms with Crippen LogP contribution < -0.4 is 10.0 Å². The number of alkyl halides is 1. The van der Waals surface area contributed by atoms with Gasteiger partial charge in [-0.2, -0.15) is 12.7 Å². The Hall–Kier alpha value is -0.810. The number of hydrogen-bond acceptors (Lipinski definition) is 6. The van der Waals surface area contributed by atoms with Crippen molar-refractivity contribution < 1.29 is 27.4 Å². The number of aliphatic hydroxyl groups excluding tert-OH is 1. The molecule has 1 saturated heterocycles. The van der Waals surface area contributed by atoms with Gasteiger partial charge in [-0.1, -0.05) is 0 Å². The first-order valence-corrected chi connectivity index (χ1v) is 11.1. The first-order chi connectivity index (χ1) is 12.7. The molecule has 27 heavy (non-hydrogen) atoms. The molecule has 0 aromatic rings. The van der Waals surface area contributed by atoms with E-state index in [-0.39, 0.29) is 24.0 Å². The normalized spacial score (nSPS) is 39.4. The molecule has 2 saturated carbocycles. The fourth-order valence-electron chi connectivity index (χ4n) is 4.69. The van der Waals surface area contributed by atoms with Crippen LogP contribution in [-0.2, 0) is 19.7 Å². The Labute approximate surface area is 160 Å². The average molecular weight is 408 g/mol. The molecule has 2 aliphatic carbocycles. The maximum atomic E-state index is 15.4. The van der Waals surface area contributed by atoms with E-state index in [1.165, 1.54) is 0 Å². The van der Waals surface area contributed by atoms with Gasteiger partial charge in [-0.15, -0.1) is 0 Å². The monoisotopic (exact) mass is 407 g/mol. The first-order valence-electron chi connectivity index (χ1n) is 9.68. The minimum atomic E-state index is -4.08. The Morgan fingerprint density at radius 1 is 1.37 bits per heavy atom. The topological polar surface area (TPSA) is 108 Å². The van der Waals surface area contributed by atoms with Crippen LogP contribution in [0, 0.1) is 11.8 Å². The van der Waals surface area contributed by atoms with Crippen LogP contribution in [0.4, 0.5) is 4.39 Å². The molecule has 6 unspecified atom stereocenters. The number of nitrogens with zero attached hydrogens (tertiary/aromatic N) is 1. The zero-order valence-corrected chi connectivity index (χ0v) is 16.6. The lowest BCUT2D eigenvalue weighted by Gasteiger charge is -2.48. The van der Waals surface area contributed by atoms with Gasteiger partial charge in [0.1, 0.15) is 6.17 Å². The second kappa shape index (κ2) is 8.28. The molecule has 1 amide bonds. The molecule has 3 rings (SSSR count). The largest absolute Gasteiger partial charge is 0.391 e. The predicted octanol–water partition coefficient (Wildman–Crippen LogP) is -0.0662. The number of ether oxygens (including phenoxy) is 1. The fraction of sp³-hybridized carbons (Fsp3) is 0.941. The molecule has 3 fully saturated rings. The van der Waals surface area contributed by atoms with E-state index in [0.717, 1.165) is 17.1 Å². The van der Waals surface area contributed by atoms with Crippen molar-refractivity contribution in [1.82, 2.24) is 14.3 Å². The van der Waals surface area contributed by atoms with Gasteiger partial charge in [0, 0.05) is 12.6 Å². The maximum Gasteiger partial charge on any atom is 0.304 e. The molecule has 6 atom stereocenters. The molecule has 8 nitrogen and oxygen atoms in total. The molecule has 1 aliphatic heterocycles. The van der Waals surface area contributed by atoms with Gasteiger partial charge in [0.15, 0.2) is 0 Å². The predicted molar refractivity (Wildman–Crippen MR) is 96.8 cm³/mol. The summed E-state index contributed by atoms with van der Waals surface area (Å²) in [7, 11) is -4.08. The van der Waals surface area contributed by atoms with Crippen molar-refractivity contribution in [2.45, 2.75) is 70.0 Å². The summed E-state index contributed by atoms with van der Waals surface area (Å²) in [6.45, 7) is 4.78. The second-order valence-corrected chi connectivity index (χ2v) is 9.74. The van der Waals surface area contributed by atoms with Gasteiger partial charge in [0.05, 0.1) is 31.4 Å². The highest BCUT2D eigenvalue weighted by Crippen LogP contribution is 2.44. The summed E-state index contributed by atoms with van der Waals surface area (Å²) in [5.74, 6) is -0.989. The molecule has 156 valence electrons. The maximum absolute atomic E-state index is 15.4. The molecule has 3 N–H and O–H groups in total. The van der Waals surface area contributed by atoms with E-state index in [2.05, 4.69) is 5.32 Å². The summed E-state index contributed by atoms with van der Waals surface area (Å²) in [6.07, 6.45) is 0.198. The third-order valence-corrected chi connectivity index (χ3v) is 7.37. The van der Waals surface area contributed by atoms with Crippen LogP contribution in [-0.4, -0.2) is 73.9 Å². The smallest absolute Gasteiger partial charge is 0.304 e. The number of carbonyl (C=O) groups is 1. The molecule has 0 spiro atoms. The van der Waals surface area contributed by atoms with Crippen LogP contribution in [0.15, 0.2) is 0 Å². The van der Waals surface area contributed by atoms with E-state index in [9.17, 15) is 18.3 Å². The van der Waals surface area contributed by atoms with Gasteiger partial charge in [0.2, 0.25) is 5.91 Å². The Bertz CT molecular complexity index is 646. The zero-order valence-electron chi connectivity index (χ0n) is 15.8. The Morgan fingerprint density at radius 3 is 2.74 bits per heavy atom. The van der Waals surface area contributed by atoms with Gasteiger partial charge in [-0.3, -0.25) is 4.79 Å². The lowest BCUT2D eigenvalue weighted by atomic mass is 9.66. The number of hydrogen-bond donors (Lipinski definition) is 3. The molecule has 10 heteroatoms. The second-order valence-electron chi connectivity index (χ2n) is 8.12. The summed E-state index contributed by atoms with van der Waals surface area (Å²) >= 11 is 0. The number of rotatable bonds is 6. The molecular weight excluding hydrogens is 377 g/mol. The van der Waals surface area contributed by atoms with Crippen LogP contribution in [0.25, 0.3) is 0 Å². The summed E-state index contributed by atoms with van der Waals surface area (Å²) < 4.78 is 47.8. The molecular formula is C17H30FN3O5S. The number of carbonyl (C=O) groups excluding carboxylic acids is 1. The summed E-state index contributed by atoms with van der Waals surface area (Å²) in [6, 6.07) is -1.07. The molecule has 1 heterocycles. The lowest BCUT2D eigenvalue weighted by molar-refractivity contribution is -0.119. The number of aliphatic hydroxyl groups is 1. The van der Waals surface area contributed by atoms with Gasteiger partial charge in [-0.25, -0.2) is 9.11 Å². The minimum Gasteiger partial charge on any atom is -0.391 e. The highest BCUT2D eigenvalue weighted by Gasteiger charge is 2.53. The van der Waals surface area contributed by atoms with Gasteiger partial charge in [0.25, 0.3) is 0 Å². The molecule has 3 aliphatic rings. The van der Waals surface area contributed by atoms with Crippen molar-refractivity contribution in [2.75, 3.05) is 19.7 Å². The van der Waals surface area contributed by atoms with Crippen molar-refractivity contribution in [1.29, 1.82) is 0 Å². The summed E-state index contributed by atoms with van der Waals surface area (Å²) in [5.41, 5.74) is 0. The molecule has 0 aromatic carbocycles. The standard InChI is InChI=1S/C17H30FN3O5S/c1-10(2)26-6-5-19-12-4-3-11-7-14(22)17(16(18)13(11)8-12)21-9-15(23)20-27(21,24)25/h10-14,16-17,19,22H,3-9H2,1-2H3,(H,20,23). The van der Waals surface area contributed by atoms with E-state index in [1.807, 2.05) is 18.6 Å². The summed E-state index contributed by atoms with van der Waals surface area (Å²) in [4.78, 5) is 11.5. The Morgan fingerprint density at radius 2 is 2.11 bits per heavy atom. The number of nitrogens with one attached hydrogen (secondary N) is 2. The van der Waals surface area contributed by atoms with Crippen molar-refractivity contribution in [3.8, 4) is 0 Å². The molecule has 0 bridgehead atoms. The van der Waals surface area contributed by atoms with E-state index in [4.69, 9.17) is 4.74 Å². The van der Waals surface area contributed by atoms with Gasteiger partial charge in [-0.05, 0) is 51.4 Å². The van der Waals surface area contributed by atoms with E-state index in [0.29, 0.717) is 26.0 Å². The Balaban J connectivity index is 1.64. The van der Waals surface area contributed by atoms with Crippen molar-refractivity contribution in [2.24, 2.45) is 11.8 Å². The highest BCUT2D eigenvalue weighted by atomic mass is 32.2. The fourth-order valence-corrected chi connectivity index (χ4v) is 6.02. The highest BCUT2D eigenvalue weighted by molar-refractivity contribution is 7.88. The van der Waals surface area contributed by atoms with Crippen molar-refractivity contribution >= 4 is 16.1 Å². The van der Waals surface area contributed by atoms with E-state index >= 15 is 4.39 Å². The minimum absolute atomic E-state index is 0.0326. The quantitative estimate of drug-likeness (QED) is 0.532. The van der Waals surface area contributed by atoms with Crippen molar-refractivity contribution in [3.63, 3.8) is 0 Å². The van der Waals surface area contributed by atoms with Gasteiger partial charge < -0.3 is 15.2 Å². The zero-order chi connectivity index (χ0) is 19.8. The third kappa shape index (κ3) is 4.61. The van der Waals surface area contributed by atoms with Crippen LogP contribution in [0.1, 0.15) is 39.5 Å². The molecule has 0 radical (unpaired) electrons. The van der Waals surface area contributed by atoms with Gasteiger partial charge >= 0.3 is 10.2 Å². The summed E-state index contributed by atoms with van der Waals surface area (Å²) in [5, 5.41) is 13.8. The van der Waals surface area contributed by atoms with Crippen LogP contribution >= 0.6 is 0 Å². The number of halogens is 1. The molecule has 0 aromatic heterocycles. The average Bonchev–Trinajstić information content (AvgIpc) is 2.84. The van der Waals surface area contributed by atoms with E-state index in [1.54, 1.807) is 0 Å². The van der Waals surface area contributed by atoms with E-state index < -0.39 is 41.0 Å². The van der Waals surface area contributed by atoms with Crippen molar-refractivity contribution in [3.05, 3.63) is 0 Å².